The number of nitrogens with one attached hydrogen (secondary N) is 1. The molecule has 1 aliphatic rings. The first kappa shape index (κ1) is 10.6. The van der Waals surface area contributed by atoms with Crippen molar-refractivity contribution in [3.8, 4) is 0 Å². The van der Waals surface area contributed by atoms with Gasteiger partial charge >= 0.3 is 0 Å². The smallest absolute Gasteiger partial charge is 0.0549 e. The predicted octanol–water partition coefficient (Wildman–Crippen LogP) is 0.775. The van der Waals surface area contributed by atoms with Gasteiger partial charge in [0.05, 0.1) is 5.69 Å². The van der Waals surface area contributed by atoms with Crippen LogP contribution in [-0.4, -0.2) is 40.4 Å². The second-order valence-corrected chi connectivity index (χ2v) is 4.41. The Kier molecular flexibility index (Phi) is 3.07. The lowest BCUT2D eigenvalue weighted by Crippen LogP contribution is -2.50. The minimum absolute atomic E-state index is 0.460. The van der Waals surface area contributed by atoms with Gasteiger partial charge in [-0.15, -0.1) is 0 Å². The molecule has 1 aliphatic heterocycles. The highest BCUT2D eigenvalue weighted by Crippen LogP contribution is 2.20. The third-order valence-electron chi connectivity index (χ3n) is 3.23. The van der Waals surface area contributed by atoms with Crippen LogP contribution in [0, 0.1) is 0 Å². The Hall–Kier alpha value is -0.870. The van der Waals surface area contributed by atoms with Gasteiger partial charge in [0.1, 0.15) is 0 Å². The molecule has 1 aromatic rings. The van der Waals surface area contributed by atoms with E-state index < -0.39 is 0 Å². The summed E-state index contributed by atoms with van der Waals surface area (Å²) in [7, 11) is 2.01. The second kappa shape index (κ2) is 4.33. The molecule has 2 heterocycles. The number of aryl methyl sites for hydroxylation is 1. The Bertz CT molecular complexity index is 320. The Morgan fingerprint density at radius 1 is 1.60 bits per heavy atom. The highest BCUT2D eigenvalue weighted by molar-refractivity contribution is 5.06. The number of nitrogens with zero attached hydrogens (tertiary/aromatic N) is 3. The number of hydrogen-bond donors (Lipinski definition) is 1. The zero-order valence-corrected chi connectivity index (χ0v) is 9.77. The molecule has 1 saturated heterocycles. The van der Waals surface area contributed by atoms with Crippen molar-refractivity contribution < 1.29 is 0 Å². The molecule has 0 bridgehead atoms. The zero-order chi connectivity index (χ0) is 10.8. The van der Waals surface area contributed by atoms with Gasteiger partial charge in [0.15, 0.2) is 0 Å². The number of aromatic nitrogens is 2. The molecule has 0 aromatic carbocycles. The van der Waals surface area contributed by atoms with Crippen molar-refractivity contribution in [2.24, 2.45) is 7.05 Å². The Balaban J connectivity index is 2.07. The first-order valence-corrected chi connectivity index (χ1v) is 5.64. The van der Waals surface area contributed by atoms with Crippen LogP contribution in [0.4, 0.5) is 0 Å². The van der Waals surface area contributed by atoms with E-state index in [9.17, 15) is 0 Å². The zero-order valence-electron chi connectivity index (χ0n) is 9.77. The number of hydrogen-bond acceptors (Lipinski definition) is 3. The molecule has 0 saturated carbocycles. The quantitative estimate of drug-likeness (QED) is 0.779. The van der Waals surface area contributed by atoms with Gasteiger partial charge in [-0.25, -0.2) is 0 Å². The van der Waals surface area contributed by atoms with Crippen LogP contribution < -0.4 is 5.32 Å². The normalized spacial score (nSPS) is 25.4. The van der Waals surface area contributed by atoms with Crippen molar-refractivity contribution in [2.75, 3.05) is 19.6 Å². The molecule has 84 valence electrons. The van der Waals surface area contributed by atoms with E-state index in [1.165, 1.54) is 5.69 Å². The number of rotatable bonds is 2. The Labute approximate surface area is 91.3 Å². The van der Waals surface area contributed by atoms with Crippen LogP contribution in [-0.2, 0) is 7.05 Å². The largest absolute Gasteiger partial charge is 0.312 e. The molecule has 2 rings (SSSR count). The van der Waals surface area contributed by atoms with Gasteiger partial charge in [-0.3, -0.25) is 9.58 Å². The van der Waals surface area contributed by atoms with Crippen LogP contribution in [0.1, 0.15) is 25.6 Å². The minimum Gasteiger partial charge on any atom is -0.312 e. The van der Waals surface area contributed by atoms with Crippen molar-refractivity contribution in [2.45, 2.75) is 25.9 Å². The maximum Gasteiger partial charge on any atom is 0.0549 e. The summed E-state index contributed by atoms with van der Waals surface area (Å²) in [5.41, 5.74) is 1.30. The van der Waals surface area contributed by atoms with Gasteiger partial charge in [0.2, 0.25) is 0 Å². The van der Waals surface area contributed by atoms with E-state index in [4.69, 9.17) is 0 Å². The summed E-state index contributed by atoms with van der Waals surface area (Å²) >= 11 is 0. The predicted molar refractivity (Wildman–Crippen MR) is 60.7 cm³/mol. The van der Waals surface area contributed by atoms with Crippen LogP contribution in [0.25, 0.3) is 0 Å². The van der Waals surface area contributed by atoms with E-state index in [-0.39, 0.29) is 0 Å². The topological polar surface area (TPSA) is 33.1 Å². The van der Waals surface area contributed by atoms with Gasteiger partial charge in [0, 0.05) is 45.0 Å². The lowest BCUT2D eigenvalue weighted by molar-refractivity contribution is 0.153. The lowest BCUT2D eigenvalue weighted by Gasteiger charge is -2.36. The summed E-state index contributed by atoms with van der Waals surface area (Å²) in [6.45, 7) is 7.82. The summed E-state index contributed by atoms with van der Waals surface area (Å²) < 4.78 is 1.97. The van der Waals surface area contributed by atoms with Crippen LogP contribution in [0.3, 0.4) is 0 Å². The molecule has 1 aromatic heterocycles. The van der Waals surface area contributed by atoms with Crippen molar-refractivity contribution in [1.82, 2.24) is 20.0 Å². The summed E-state index contributed by atoms with van der Waals surface area (Å²) in [4.78, 5) is 2.51. The molecule has 2 unspecified atom stereocenters. The van der Waals surface area contributed by atoms with Crippen molar-refractivity contribution >= 4 is 0 Å². The lowest BCUT2D eigenvalue weighted by atomic mass is 10.1. The van der Waals surface area contributed by atoms with Crippen LogP contribution in [0.5, 0.6) is 0 Å². The minimum atomic E-state index is 0.460. The first-order valence-electron chi connectivity index (χ1n) is 5.64. The molecule has 1 fully saturated rings. The molecule has 1 N–H and O–H groups in total. The Morgan fingerprint density at radius 2 is 2.40 bits per heavy atom. The van der Waals surface area contributed by atoms with Gasteiger partial charge in [-0.05, 0) is 19.9 Å². The fraction of sp³-hybridized carbons (Fsp3) is 0.727. The van der Waals surface area contributed by atoms with E-state index in [0.29, 0.717) is 12.1 Å². The molecular formula is C11H20N4. The number of piperazine rings is 1. The van der Waals surface area contributed by atoms with E-state index in [2.05, 4.69) is 35.2 Å². The first-order chi connectivity index (χ1) is 7.18. The van der Waals surface area contributed by atoms with E-state index in [1.54, 1.807) is 0 Å². The standard InChI is InChI=1S/C11H20N4/c1-9-8-15(7-6-12-9)10(2)11-4-5-13-14(11)3/h4-5,9-10,12H,6-8H2,1-3H3. The van der Waals surface area contributed by atoms with Crippen molar-refractivity contribution in [1.29, 1.82) is 0 Å². The molecule has 4 nitrogen and oxygen atoms in total. The molecule has 0 radical (unpaired) electrons. The van der Waals surface area contributed by atoms with Gasteiger partial charge in [0.25, 0.3) is 0 Å². The van der Waals surface area contributed by atoms with E-state index in [1.807, 2.05) is 17.9 Å². The molecule has 0 aliphatic carbocycles. The van der Waals surface area contributed by atoms with Crippen LogP contribution >= 0.6 is 0 Å². The van der Waals surface area contributed by atoms with Gasteiger partial charge in [-0.2, -0.15) is 5.10 Å². The molecule has 0 amide bonds. The molecule has 4 heteroatoms. The maximum absolute atomic E-state index is 4.23. The van der Waals surface area contributed by atoms with Crippen molar-refractivity contribution in [3.63, 3.8) is 0 Å². The summed E-state index contributed by atoms with van der Waals surface area (Å²) in [5.74, 6) is 0. The maximum atomic E-state index is 4.23. The van der Waals surface area contributed by atoms with Crippen LogP contribution in [0.2, 0.25) is 0 Å². The average molecular weight is 208 g/mol. The second-order valence-electron chi connectivity index (χ2n) is 4.41. The van der Waals surface area contributed by atoms with Gasteiger partial charge < -0.3 is 5.32 Å². The monoisotopic (exact) mass is 208 g/mol. The van der Waals surface area contributed by atoms with Crippen LogP contribution in [0.15, 0.2) is 12.3 Å². The molecule has 2 atom stereocenters. The van der Waals surface area contributed by atoms with Gasteiger partial charge in [-0.1, -0.05) is 0 Å². The fourth-order valence-electron chi connectivity index (χ4n) is 2.29. The Morgan fingerprint density at radius 3 is 3.00 bits per heavy atom. The molecule has 0 spiro atoms. The van der Waals surface area contributed by atoms with E-state index >= 15 is 0 Å². The SMILES string of the molecule is CC1CN(C(C)c2ccnn2C)CCN1. The summed E-state index contributed by atoms with van der Waals surface area (Å²) in [5, 5.41) is 7.69. The summed E-state index contributed by atoms with van der Waals surface area (Å²) in [6.07, 6.45) is 1.87. The summed E-state index contributed by atoms with van der Waals surface area (Å²) in [6, 6.07) is 3.16. The third kappa shape index (κ3) is 2.21. The van der Waals surface area contributed by atoms with E-state index in [0.717, 1.165) is 19.6 Å². The molecular weight excluding hydrogens is 188 g/mol. The van der Waals surface area contributed by atoms with Crippen molar-refractivity contribution in [3.05, 3.63) is 18.0 Å². The average Bonchev–Trinajstić information content (AvgIpc) is 2.63. The third-order valence-corrected chi connectivity index (χ3v) is 3.23. The highest BCUT2D eigenvalue weighted by atomic mass is 15.3. The molecule has 15 heavy (non-hydrogen) atoms. The highest BCUT2D eigenvalue weighted by Gasteiger charge is 2.22. The fourth-order valence-corrected chi connectivity index (χ4v) is 2.29.